The van der Waals surface area contributed by atoms with Crippen molar-refractivity contribution in [3.8, 4) is 11.4 Å². The van der Waals surface area contributed by atoms with E-state index in [1.807, 2.05) is 23.7 Å². The van der Waals surface area contributed by atoms with Crippen LogP contribution in [0.1, 0.15) is 12.8 Å². The number of nitrogens with one attached hydrogen (secondary N) is 1. The molecule has 10 heteroatoms. The number of hydrogen-bond donors (Lipinski definition) is 1. The molecule has 0 saturated carbocycles. The number of rotatable bonds is 4. The lowest BCUT2D eigenvalue weighted by atomic mass is 9.97. The van der Waals surface area contributed by atoms with Crippen LogP contribution in [0.3, 0.4) is 0 Å². The average molecular weight is 414 g/mol. The molecule has 9 nitrogen and oxygen atoms in total. The van der Waals surface area contributed by atoms with Gasteiger partial charge in [0.05, 0.1) is 35.7 Å². The van der Waals surface area contributed by atoms with Gasteiger partial charge >= 0.3 is 0 Å². The number of sulfonamides is 1. The van der Waals surface area contributed by atoms with Crippen LogP contribution in [0, 0.1) is 5.92 Å². The highest BCUT2D eigenvalue weighted by molar-refractivity contribution is 7.88. The van der Waals surface area contributed by atoms with Crippen LogP contribution >= 0.6 is 0 Å². The number of carbonyl (C=O) groups is 1. The molecule has 0 aliphatic carbocycles. The molecular weight excluding hydrogens is 392 g/mol. The Kier molecular flexibility index (Phi) is 5.05. The first-order chi connectivity index (χ1) is 13.8. The van der Waals surface area contributed by atoms with Crippen molar-refractivity contribution in [3.05, 3.63) is 36.9 Å². The Hall–Kier alpha value is -2.85. The van der Waals surface area contributed by atoms with Gasteiger partial charge in [-0.2, -0.15) is 0 Å². The second kappa shape index (κ2) is 7.53. The molecule has 0 unspecified atom stereocenters. The summed E-state index contributed by atoms with van der Waals surface area (Å²) in [6.45, 7) is 0.718. The molecule has 4 heterocycles. The Morgan fingerprint density at radius 3 is 2.62 bits per heavy atom. The molecule has 152 valence electrons. The van der Waals surface area contributed by atoms with Crippen LogP contribution in [0.4, 0.5) is 5.82 Å². The minimum atomic E-state index is -3.21. The van der Waals surface area contributed by atoms with Gasteiger partial charge in [0.25, 0.3) is 0 Å². The number of piperidine rings is 1. The number of imidazole rings is 1. The second-order valence-electron chi connectivity index (χ2n) is 7.27. The predicted molar refractivity (Wildman–Crippen MR) is 110 cm³/mol. The SMILES string of the molecule is Cn1cncc1-c1ccc2cnc(NC(=O)C3CCN(S(C)(=O)=O)CC3)cc2n1. The van der Waals surface area contributed by atoms with Gasteiger partial charge in [-0.3, -0.25) is 4.79 Å². The van der Waals surface area contributed by atoms with E-state index in [4.69, 9.17) is 0 Å². The van der Waals surface area contributed by atoms with E-state index in [0.29, 0.717) is 31.7 Å². The van der Waals surface area contributed by atoms with Crippen LogP contribution in [0.25, 0.3) is 22.3 Å². The summed E-state index contributed by atoms with van der Waals surface area (Å²) in [5.41, 5.74) is 2.40. The van der Waals surface area contributed by atoms with Gasteiger partial charge in [-0.1, -0.05) is 0 Å². The average Bonchev–Trinajstić information content (AvgIpc) is 3.13. The highest BCUT2D eigenvalue weighted by Gasteiger charge is 2.29. The Morgan fingerprint density at radius 1 is 1.21 bits per heavy atom. The zero-order valence-electron chi connectivity index (χ0n) is 16.2. The molecule has 1 aliphatic rings. The van der Waals surface area contributed by atoms with Crippen molar-refractivity contribution < 1.29 is 13.2 Å². The van der Waals surface area contributed by atoms with Crippen molar-refractivity contribution in [2.45, 2.75) is 12.8 Å². The van der Waals surface area contributed by atoms with Crippen LogP contribution in [0.2, 0.25) is 0 Å². The summed E-state index contributed by atoms with van der Waals surface area (Å²) in [7, 11) is -1.31. The third kappa shape index (κ3) is 4.13. The van der Waals surface area contributed by atoms with Crippen molar-refractivity contribution in [3.63, 3.8) is 0 Å². The Morgan fingerprint density at radius 2 is 1.97 bits per heavy atom. The topological polar surface area (TPSA) is 110 Å². The van der Waals surface area contributed by atoms with E-state index in [1.165, 1.54) is 10.6 Å². The molecule has 0 atom stereocenters. The standard InChI is InChI=1S/C19H22N6O3S/c1-24-12-20-11-17(24)15-4-3-14-10-21-18(9-16(14)22-15)23-19(26)13-5-7-25(8-6-13)29(2,27)28/h3-4,9-13H,5-8H2,1-2H3,(H,21,23,26). The molecule has 3 aromatic rings. The molecule has 1 amide bonds. The number of amides is 1. The van der Waals surface area contributed by atoms with Gasteiger partial charge in [0.2, 0.25) is 15.9 Å². The molecule has 1 saturated heterocycles. The van der Waals surface area contributed by atoms with Gasteiger partial charge in [-0.05, 0) is 25.0 Å². The zero-order valence-corrected chi connectivity index (χ0v) is 17.1. The Balaban J connectivity index is 1.49. The molecule has 1 fully saturated rings. The van der Waals surface area contributed by atoms with E-state index >= 15 is 0 Å². The molecule has 1 aliphatic heterocycles. The molecule has 29 heavy (non-hydrogen) atoms. The first-order valence-electron chi connectivity index (χ1n) is 9.31. The second-order valence-corrected chi connectivity index (χ2v) is 9.26. The van der Waals surface area contributed by atoms with Crippen molar-refractivity contribution in [2.24, 2.45) is 13.0 Å². The van der Waals surface area contributed by atoms with Crippen molar-refractivity contribution in [2.75, 3.05) is 24.7 Å². The quantitative estimate of drug-likeness (QED) is 0.695. The van der Waals surface area contributed by atoms with Crippen molar-refractivity contribution >= 4 is 32.7 Å². The molecule has 4 rings (SSSR count). The van der Waals surface area contributed by atoms with E-state index < -0.39 is 10.0 Å². The van der Waals surface area contributed by atoms with Crippen LogP contribution in [0.5, 0.6) is 0 Å². The lowest BCUT2D eigenvalue weighted by molar-refractivity contribution is -0.120. The summed E-state index contributed by atoms with van der Waals surface area (Å²) < 4.78 is 26.5. The molecular formula is C19H22N6O3S. The number of anilines is 1. The van der Waals surface area contributed by atoms with Gasteiger partial charge in [-0.15, -0.1) is 0 Å². The van der Waals surface area contributed by atoms with E-state index in [0.717, 1.165) is 22.3 Å². The van der Waals surface area contributed by atoms with E-state index in [2.05, 4.69) is 20.3 Å². The van der Waals surface area contributed by atoms with Gasteiger partial charge in [0, 0.05) is 43.7 Å². The highest BCUT2D eigenvalue weighted by atomic mass is 32.2. The minimum absolute atomic E-state index is 0.146. The largest absolute Gasteiger partial charge is 0.332 e. The molecule has 3 aromatic heterocycles. The number of hydrogen-bond acceptors (Lipinski definition) is 6. The van der Waals surface area contributed by atoms with Gasteiger partial charge < -0.3 is 9.88 Å². The Bertz CT molecular complexity index is 1170. The number of carbonyl (C=O) groups excluding carboxylic acids is 1. The monoisotopic (exact) mass is 414 g/mol. The van der Waals surface area contributed by atoms with Crippen LogP contribution in [0.15, 0.2) is 36.9 Å². The summed E-state index contributed by atoms with van der Waals surface area (Å²) in [6.07, 6.45) is 7.33. The maximum absolute atomic E-state index is 12.6. The maximum Gasteiger partial charge on any atom is 0.228 e. The zero-order chi connectivity index (χ0) is 20.6. The summed E-state index contributed by atoms with van der Waals surface area (Å²) in [5, 5.41) is 3.72. The number of pyridine rings is 2. The molecule has 0 aromatic carbocycles. The van der Waals surface area contributed by atoms with Crippen molar-refractivity contribution in [1.82, 2.24) is 23.8 Å². The van der Waals surface area contributed by atoms with Crippen LogP contribution in [-0.2, 0) is 21.9 Å². The third-order valence-corrected chi connectivity index (χ3v) is 6.50. The van der Waals surface area contributed by atoms with Crippen LogP contribution in [-0.4, -0.2) is 57.5 Å². The molecule has 0 spiro atoms. The van der Waals surface area contributed by atoms with Crippen LogP contribution < -0.4 is 5.32 Å². The van der Waals surface area contributed by atoms with Gasteiger partial charge in [-0.25, -0.2) is 27.7 Å². The lowest BCUT2D eigenvalue weighted by Crippen LogP contribution is -2.40. The number of aromatic nitrogens is 4. The van der Waals surface area contributed by atoms with E-state index in [9.17, 15) is 13.2 Å². The van der Waals surface area contributed by atoms with Crippen molar-refractivity contribution in [1.29, 1.82) is 0 Å². The first kappa shape index (κ1) is 19.5. The summed E-state index contributed by atoms with van der Waals surface area (Å²) >= 11 is 0. The summed E-state index contributed by atoms with van der Waals surface area (Å²) in [6, 6.07) is 5.59. The Labute approximate surface area is 168 Å². The predicted octanol–water partition coefficient (Wildman–Crippen LogP) is 1.64. The number of aryl methyl sites for hydroxylation is 1. The minimum Gasteiger partial charge on any atom is -0.332 e. The fourth-order valence-electron chi connectivity index (χ4n) is 3.51. The first-order valence-corrected chi connectivity index (χ1v) is 11.2. The molecule has 0 bridgehead atoms. The highest BCUT2D eigenvalue weighted by Crippen LogP contribution is 2.23. The maximum atomic E-state index is 12.6. The lowest BCUT2D eigenvalue weighted by Gasteiger charge is -2.29. The fourth-order valence-corrected chi connectivity index (χ4v) is 4.38. The number of nitrogens with zero attached hydrogens (tertiary/aromatic N) is 5. The number of fused-ring (bicyclic) bond motifs is 1. The summed E-state index contributed by atoms with van der Waals surface area (Å²) in [4.78, 5) is 25.7. The summed E-state index contributed by atoms with van der Waals surface area (Å²) in [5.74, 6) is 0.0507. The van der Waals surface area contributed by atoms with E-state index in [-0.39, 0.29) is 11.8 Å². The van der Waals surface area contributed by atoms with Gasteiger partial charge in [0.15, 0.2) is 0 Å². The van der Waals surface area contributed by atoms with E-state index in [1.54, 1.807) is 24.8 Å². The van der Waals surface area contributed by atoms with Gasteiger partial charge in [0.1, 0.15) is 5.82 Å². The molecule has 0 radical (unpaired) electrons. The normalized spacial score (nSPS) is 16.2. The fraction of sp³-hybridized carbons (Fsp3) is 0.368. The molecule has 1 N–H and O–H groups in total. The smallest absolute Gasteiger partial charge is 0.228 e. The third-order valence-electron chi connectivity index (χ3n) is 5.20.